The summed E-state index contributed by atoms with van der Waals surface area (Å²) in [6.07, 6.45) is 0.697. The summed E-state index contributed by atoms with van der Waals surface area (Å²) in [5.41, 5.74) is 0.226. The molecule has 0 aliphatic rings. The fraction of sp³-hybridized carbons (Fsp3) is 0.143. The zero-order valence-corrected chi connectivity index (χ0v) is 10.2. The van der Waals surface area contributed by atoms with Gasteiger partial charge in [-0.15, -0.1) is 0 Å². The van der Waals surface area contributed by atoms with Crippen LogP contribution in [0.2, 0.25) is 0 Å². The lowest BCUT2D eigenvalue weighted by Crippen LogP contribution is -2.11. The zero-order valence-electron chi connectivity index (χ0n) is 10.2. The molecule has 1 aromatic heterocycles. The van der Waals surface area contributed by atoms with Crippen LogP contribution in [-0.4, -0.2) is 5.91 Å². The lowest BCUT2D eigenvalue weighted by atomic mass is 10.2. The highest BCUT2D eigenvalue weighted by atomic mass is 19.1. The van der Waals surface area contributed by atoms with Crippen molar-refractivity contribution in [2.45, 2.75) is 13.3 Å². The normalized spacial score (nSPS) is 9.95. The average molecular weight is 258 g/mol. The van der Waals surface area contributed by atoms with E-state index in [9.17, 15) is 9.18 Å². The second-order valence-corrected chi connectivity index (χ2v) is 3.88. The Balaban J connectivity index is 2.17. The highest BCUT2D eigenvalue weighted by molar-refractivity contribution is 6.02. The first-order chi connectivity index (χ1) is 9.13. The van der Waals surface area contributed by atoms with E-state index in [1.807, 2.05) is 6.92 Å². The summed E-state index contributed by atoms with van der Waals surface area (Å²) in [5, 5.41) is 11.3. The van der Waals surface area contributed by atoms with Gasteiger partial charge in [-0.05, 0) is 30.3 Å². The van der Waals surface area contributed by atoms with Crippen LogP contribution in [0.1, 0.15) is 28.8 Å². The SMILES string of the molecule is CCc1ccc(C(=O)Nc2ccc(F)c(C#N)c2)o1. The maximum absolute atomic E-state index is 13.1. The summed E-state index contributed by atoms with van der Waals surface area (Å²) in [5.74, 6) is -0.163. The Kier molecular flexibility index (Phi) is 3.62. The molecule has 0 saturated heterocycles. The molecule has 0 aliphatic heterocycles. The number of carbonyl (C=O) groups is 1. The van der Waals surface area contributed by atoms with Gasteiger partial charge < -0.3 is 9.73 Å². The van der Waals surface area contributed by atoms with Gasteiger partial charge in [0.1, 0.15) is 17.6 Å². The van der Waals surface area contributed by atoms with Crippen LogP contribution in [0.25, 0.3) is 0 Å². The van der Waals surface area contributed by atoms with Crippen molar-refractivity contribution in [2.75, 3.05) is 5.32 Å². The number of anilines is 1. The van der Waals surface area contributed by atoms with Crippen molar-refractivity contribution in [3.63, 3.8) is 0 Å². The predicted molar refractivity (Wildman–Crippen MR) is 67.2 cm³/mol. The Morgan fingerprint density at radius 2 is 2.21 bits per heavy atom. The van der Waals surface area contributed by atoms with E-state index < -0.39 is 11.7 Å². The van der Waals surface area contributed by atoms with Gasteiger partial charge in [0.25, 0.3) is 5.91 Å². The Bertz CT molecular complexity index is 656. The maximum atomic E-state index is 13.1. The molecule has 0 atom stereocenters. The maximum Gasteiger partial charge on any atom is 0.291 e. The Labute approximate surface area is 109 Å². The number of hydrogen-bond acceptors (Lipinski definition) is 3. The van der Waals surface area contributed by atoms with Crippen molar-refractivity contribution in [3.05, 3.63) is 53.2 Å². The van der Waals surface area contributed by atoms with E-state index in [1.54, 1.807) is 18.2 Å². The monoisotopic (exact) mass is 258 g/mol. The molecule has 19 heavy (non-hydrogen) atoms. The number of benzene rings is 1. The van der Waals surface area contributed by atoms with E-state index in [0.29, 0.717) is 17.9 Å². The predicted octanol–water partition coefficient (Wildman–Crippen LogP) is 3.11. The summed E-state index contributed by atoms with van der Waals surface area (Å²) in [7, 11) is 0. The zero-order chi connectivity index (χ0) is 13.8. The number of hydrogen-bond donors (Lipinski definition) is 1. The number of nitriles is 1. The third-order valence-corrected chi connectivity index (χ3v) is 2.58. The van der Waals surface area contributed by atoms with Gasteiger partial charge in [0.15, 0.2) is 5.76 Å². The first-order valence-electron chi connectivity index (χ1n) is 5.73. The van der Waals surface area contributed by atoms with Crippen LogP contribution in [0, 0.1) is 17.1 Å². The van der Waals surface area contributed by atoms with Crippen molar-refractivity contribution >= 4 is 11.6 Å². The van der Waals surface area contributed by atoms with E-state index in [2.05, 4.69) is 5.32 Å². The lowest BCUT2D eigenvalue weighted by molar-refractivity contribution is 0.0995. The minimum absolute atomic E-state index is 0.119. The fourth-order valence-electron chi connectivity index (χ4n) is 1.57. The molecule has 0 fully saturated rings. The molecule has 0 aliphatic carbocycles. The highest BCUT2D eigenvalue weighted by Crippen LogP contribution is 2.16. The topological polar surface area (TPSA) is 66.0 Å². The van der Waals surface area contributed by atoms with Gasteiger partial charge in [-0.1, -0.05) is 6.92 Å². The fourth-order valence-corrected chi connectivity index (χ4v) is 1.57. The van der Waals surface area contributed by atoms with Crippen LogP contribution >= 0.6 is 0 Å². The smallest absolute Gasteiger partial charge is 0.291 e. The quantitative estimate of drug-likeness (QED) is 0.919. The molecule has 1 N–H and O–H groups in total. The first kappa shape index (κ1) is 12.8. The number of nitrogens with zero attached hydrogens (tertiary/aromatic N) is 1. The molecule has 0 unspecified atom stereocenters. The molecule has 0 radical (unpaired) electrons. The van der Waals surface area contributed by atoms with E-state index in [-0.39, 0.29) is 11.3 Å². The van der Waals surface area contributed by atoms with Crippen LogP contribution in [0.5, 0.6) is 0 Å². The summed E-state index contributed by atoms with van der Waals surface area (Å²) in [6.45, 7) is 1.92. The molecule has 4 nitrogen and oxygen atoms in total. The molecular formula is C14H11FN2O2. The lowest BCUT2D eigenvalue weighted by Gasteiger charge is -2.03. The van der Waals surface area contributed by atoms with Crippen LogP contribution in [-0.2, 0) is 6.42 Å². The number of furan rings is 1. The molecule has 2 aromatic rings. The molecule has 1 amide bonds. The molecule has 1 heterocycles. The number of nitrogens with one attached hydrogen (secondary N) is 1. The van der Waals surface area contributed by atoms with Gasteiger partial charge in [-0.3, -0.25) is 4.79 Å². The summed E-state index contributed by atoms with van der Waals surface area (Å²) < 4.78 is 18.4. The number of halogens is 1. The molecule has 0 spiro atoms. The molecule has 1 aromatic carbocycles. The largest absolute Gasteiger partial charge is 0.456 e. The van der Waals surface area contributed by atoms with E-state index in [0.717, 1.165) is 6.07 Å². The molecule has 0 saturated carbocycles. The third-order valence-electron chi connectivity index (χ3n) is 2.58. The Hall–Kier alpha value is -2.61. The standard InChI is InChI=1S/C14H11FN2O2/c1-2-11-4-6-13(19-11)14(18)17-10-3-5-12(15)9(7-10)8-16/h3-7H,2H2,1H3,(H,17,18). The van der Waals surface area contributed by atoms with Crippen molar-refractivity contribution < 1.29 is 13.6 Å². The second kappa shape index (κ2) is 5.36. The number of aryl methyl sites for hydroxylation is 1. The van der Waals surface area contributed by atoms with Crippen molar-refractivity contribution in [3.8, 4) is 6.07 Å². The molecule has 96 valence electrons. The van der Waals surface area contributed by atoms with Crippen LogP contribution in [0.4, 0.5) is 10.1 Å². The van der Waals surface area contributed by atoms with Gasteiger partial charge in [0.05, 0.1) is 5.56 Å². The Morgan fingerprint density at radius 1 is 1.42 bits per heavy atom. The number of carbonyl (C=O) groups excluding carboxylic acids is 1. The van der Waals surface area contributed by atoms with Crippen molar-refractivity contribution in [1.82, 2.24) is 0 Å². The summed E-state index contributed by atoms with van der Waals surface area (Å²) in [6, 6.07) is 8.80. The van der Waals surface area contributed by atoms with Gasteiger partial charge >= 0.3 is 0 Å². The number of amides is 1. The van der Waals surface area contributed by atoms with Crippen LogP contribution < -0.4 is 5.32 Å². The molecule has 2 rings (SSSR count). The van der Waals surface area contributed by atoms with E-state index in [1.165, 1.54) is 12.1 Å². The highest BCUT2D eigenvalue weighted by Gasteiger charge is 2.12. The minimum atomic E-state index is -0.619. The van der Waals surface area contributed by atoms with Gasteiger partial charge in [-0.25, -0.2) is 4.39 Å². The van der Waals surface area contributed by atoms with E-state index in [4.69, 9.17) is 9.68 Å². The van der Waals surface area contributed by atoms with Crippen molar-refractivity contribution in [1.29, 1.82) is 5.26 Å². The average Bonchev–Trinajstić information content (AvgIpc) is 2.90. The third kappa shape index (κ3) is 2.80. The molecular weight excluding hydrogens is 247 g/mol. The van der Waals surface area contributed by atoms with E-state index >= 15 is 0 Å². The van der Waals surface area contributed by atoms with Crippen LogP contribution in [0.15, 0.2) is 34.7 Å². The van der Waals surface area contributed by atoms with Crippen LogP contribution in [0.3, 0.4) is 0 Å². The molecule has 5 heteroatoms. The van der Waals surface area contributed by atoms with Gasteiger partial charge in [-0.2, -0.15) is 5.26 Å². The minimum Gasteiger partial charge on any atom is -0.456 e. The summed E-state index contributed by atoms with van der Waals surface area (Å²) >= 11 is 0. The van der Waals surface area contributed by atoms with Gasteiger partial charge in [0, 0.05) is 12.1 Å². The number of rotatable bonds is 3. The Morgan fingerprint density at radius 3 is 2.84 bits per heavy atom. The molecule has 0 bridgehead atoms. The van der Waals surface area contributed by atoms with Gasteiger partial charge in [0.2, 0.25) is 0 Å². The second-order valence-electron chi connectivity index (χ2n) is 3.88. The first-order valence-corrected chi connectivity index (χ1v) is 5.73. The van der Waals surface area contributed by atoms with Crippen molar-refractivity contribution in [2.24, 2.45) is 0 Å². The summed E-state index contributed by atoms with van der Waals surface area (Å²) in [4.78, 5) is 11.8.